The molecule has 1 aliphatic rings. The molecule has 1 aliphatic heterocycles. The summed E-state index contributed by atoms with van der Waals surface area (Å²) in [6, 6.07) is 16.6. The van der Waals surface area contributed by atoms with Crippen LogP contribution in [0.3, 0.4) is 0 Å². The van der Waals surface area contributed by atoms with Crippen LogP contribution in [-0.2, 0) is 17.9 Å². The van der Waals surface area contributed by atoms with E-state index in [-0.39, 0.29) is 43.3 Å². The lowest BCUT2D eigenvalue weighted by molar-refractivity contribution is -0.133. The van der Waals surface area contributed by atoms with Crippen molar-refractivity contribution in [2.45, 2.75) is 32.9 Å². The maximum absolute atomic E-state index is 13.9. The molecule has 0 atom stereocenters. The quantitative estimate of drug-likeness (QED) is 0.215. The summed E-state index contributed by atoms with van der Waals surface area (Å²) < 4.78 is 16.6. The fraction of sp³-hybridized carbons (Fsp3) is 0.258. The Bertz CT molecular complexity index is 1670. The number of halogens is 2. The highest BCUT2D eigenvalue weighted by Gasteiger charge is 2.24. The number of nitrogens with zero attached hydrogens (tertiary/aromatic N) is 2. The second kappa shape index (κ2) is 13.2. The molecule has 3 amide bonds. The van der Waals surface area contributed by atoms with E-state index in [9.17, 15) is 14.4 Å². The molecule has 0 saturated carbocycles. The molecule has 4 aromatic rings. The van der Waals surface area contributed by atoms with Crippen LogP contribution in [0.5, 0.6) is 11.5 Å². The molecule has 218 valence electrons. The van der Waals surface area contributed by atoms with E-state index in [0.717, 1.165) is 12.0 Å². The van der Waals surface area contributed by atoms with Crippen LogP contribution in [0.2, 0.25) is 10.0 Å². The number of urea groups is 1. The third-order valence-corrected chi connectivity index (χ3v) is 7.27. The molecular formula is C31H29Cl2N3O6. The summed E-state index contributed by atoms with van der Waals surface area (Å²) in [5.74, 6) is 0.841. The molecule has 42 heavy (non-hydrogen) atoms. The zero-order valence-electron chi connectivity index (χ0n) is 22.9. The van der Waals surface area contributed by atoms with Crippen LogP contribution in [0.1, 0.15) is 30.9 Å². The molecule has 0 bridgehead atoms. The van der Waals surface area contributed by atoms with Crippen molar-refractivity contribution < 1.29 is 23.5 Å². The minimum Gasteiger partial charge on any atom is -0.464 e. The minimum absolute atomic E-state index is 0.0460. The van der Waals surface area contributed by atoms with E-state index in [1.54, 1.807) is 54.6 Å². The van der Waals surface area contributed by atoms with Gasteiger partial charge < -0.3 is 29.0 Å². The monoisotopic (exact) mass is 609 g/mol. The molecule has 2 heterocycles. The van der Waals surface area contributed by atoms with E-state index in [4.69, 9.17) is 37.1 Å². The summed E-state index contributed by atoms with van der Waals surface area (Å²) in [6.45, 7) is 2.39. The van der Waals surface area contributed by atoms with Gasteiger partial charge in [0.1, 0.15) is 12.1 Å². The van der Waals surface area contributed by atoms with Gasteiger partial charge in [-0.1, -0.05) is 48.7 Å². The van der Waals surface area contributed by atoms with Gasteiger partial charge in [-0.05, 0) is 60.5 Å². The standard InChI is InChI=1S/C31H29Cl2N3O6/c1-2-3-11-35(31(39)34-24-6-4-5-22(32)13-24)17-29(37)36(15-20-7-9-27-28(12-20)42-19-41-27)16-21-18-40-26-10-8-23(33)14-25(26)30(21)38/h4-10,12-14,18H,2-3,11,15-17,19H2,1H3,(H,34,39). The summed E-state index contributed by atoms with van der Waals surface area (Å²) >= 11 is 12.2. The Morgan fingerprint density at radius 3 is 2.55 bits per heavy atom. The number of unbranched alkanes of at least 4 members (excludes halogenated alkanes) is 1. The molecule has 0 fully saturated rings. The van der Waals surface area contributed by atoms with Crippen LogP contribution in [0.15, 0.2) is 76.1 Å². The van der Waals surface area contributed by atoms with E-state index in [1.807, 2.05) is 13.0 Å². The Morgan fingerprint density at radius 2 is 1.74 bits per heavy atom. The van der Waals surface area contributed by atoms with Gasteiger partial charge >= 0.3 is 6.03 Å². The Hall–Kier alpha value is -4.21. The van der Waals surface area contributed by atoms with Gasteiger partial charge in [-0.2, -0.15) is 0 Å². The first-order chi connectivity index (χ1) is 20.3. The first kappa shape index (κ1) is 29.3. The van der Waals surface area contributed by atoms with E-state index < -0.39 is 6.03 Å². The highest BCUT2D eigenvalue weighted by molar-refractivity contribution is 6.31. The SMILES string of the molecule is CCCCN(CC(=O)N(Cc1ccc2c(c1)OCO2)Cc1coc2ccc(Cl)cc2c1=O)C(=O)Nc1cccc(Cl)c1. The number of anilines is 1. The van der Waals surface area contributed by atoms with Gasteiger partial charge in [0, 0.05) is 28.8 Å². The number of carbonyl (C=O) groups is 2. The van der Waals surface area contributed by atoms with Gasteiger partial charge in [-0.25, -0.2) is 4.79 Å². The van der Waals surface area contributed by atoms with Crippen molar-refractivity contribution in [1.82, 2.24) is 9.80 Å². The lowest BCUT2D eigenvalue weighted by Gasteiger charge is -2.28. The van der Waals surface area contributed by atoms with Crippen molar-refractivity contribution in [2.24, 2.45) is 0 Å². The lowest BCUT2D eigenvalue weighted by atomic mass is 10.1. The maximum atomic E-state index is 13.9. The Balaban J connectivity index is 1.42. The summed E-state index contributed by atoms with van der Waals surface area (Å²) in [5, 5.41) is 4.02. The van der Waals surface area contributed by atoms with Crippen LogP contribution in [0.4, 0.5) is 10.5 Å². The number of amides is 3. The van der Waals surface area contributed by atoms with Crippen molar-refractivity contribution in [3.05, 3.63) is 98.3 Å². The Morgan fingerprint density at radius 1 is 0.929 bits per heavy atom. The lowest BCUT2D eigenvalue weighted by Crippen LogP contribution is -2.44. The highest BCUT2D eigenvalue weighted by atomic mass is 35.5. The minimum atomic E-state index is -0.429. The largest absolute Gasteiger partial charge is 0.464 e. The van der Waals surface area contributed by atoms with E-state index in [0.29, 0.717) is 51.2 Å². The van der Waals surface area contributed by atoms with E-state index >= 15 is 0 Å². The van der Waals surface area contributed by atoms with Crippen molar-refractivity contribution >= 4 is 51.8 Å². The number of hydrogen-bond donors (Lipinski definition) is 1. The first-order valence-corrected chi connectivity index (χ1v) is 14.2. The molecule has 3 aromatic carbocycles. The zero-order chi connectivity index (χ0) is 29.6. The molecule has 1 N–H and O–H groups in total. The second-order valence-corrected chi connectivity index (χ2v) is 10.8. The van der Waals surface area contributed by atoms with Crippen molar-refractivity contribution in [3.63, 3.8) is 0 Å². The molecular weight excluding hydrogens is 581 g/mol. The van der Waals surface area contributed by atoms with E-state index in [2.05, 4.69) is 5.32 Å². The van der Waals surface area contributed by atoms with Crippen molar-refractivity contribution in [1.29, 1.82) is 0 Å². The van der Waals surface area contributed by atoms with Gasteiger partial charge in [-0.15, -0.1) is 0 Å². The molecule has 0 radical (unpaired) electrons. The number of benzene rings is 3. The summed E-state index contributed by atoms with van der Waals surface area (Å²) in [6.07, 6.45) is 2.89. The van der Waals surface area contributed by atoms with Crippen LogP contribution >= 0.6 is 23.2 Å². The second-order valence-electron chi connectivity index (χ2n) is 9.88. The average Bonchev–Trinajstić information content (AvgIpc) is 3.44. The third kappa shape index (κ3) is 6.98. The normalized spacial score (nSPS) is 11.9. The predicted octanol–water partition coefficient (Wildman–Crippen LogP) is 6.69. The molecule has 0 spiro atoms. The molecule has 0 aliphatic carbocycles. The molecule has 9 nitrogen and oxygen atoms in total. The van der Waals surface area contributed by atoms with Gasteiger partial charge in [0.25, 0.3) is 0 Å². The summed E-state index contributed by atoms with van der Waals surface area (Å²) in [4.78, 5) is 43.5. The number of rotatable bonds is 10. The Labute approximate surface area is 252 Å². The molecule has 0 saturated heterocycles. The van der Waals surface area contributed by atoms with Gasteiger partial charge in [-0.3, -0.25) is 9.59 Å². The Kier molecular flexibility index (Phi) is 9.19. The van der Waals surface area contributed by atoms with E-state index in [1.165, 1.54) is 16.1 Å². The zero-order valence-corrected chi connectivity index (χ0v) is 24.4. The number of ether oxygens (including phenoxy) is 2. The van der Waals surface area contributed by atoms with Crippen LogP contribution in [0.25, 0.3) is 11.0 Å². The predicted molar refractivity (Wildman–Crippen MR) is 161 cm³/mol. The fourth-order valence-corrected chi connectivity index (χ4v) is 4.95. The number of nitrogens with one attached hydrogen (secondary N) is 1. The van der Waals surface area contributed by atoms with Crippen LogP contribution in [-0.4, -0.2) is 41.6 Å². The van der Waals surface area contributed by atoms with Crippen LogP contribution < -0.4 is 20.2 Å². The molecule has 11 heteroatoms. The summed E-state index contributed by atoms with van der Waals surface area (Å²) in [5.41, 5.74) is 1.67. The smallest absolute Gasteiger partial charge is 0.322 e. The molecule has 1 aromatic heterocycles. The third-order valence-electron chi connectivity index (χ3n) is 6.80. The number of carbonyl (C=O) groups excluding carboxylic acids is 2. The van der Waals surface area contributed by atoms with Crippen molar-refractivity contribution in [2.75, 3.05) is 25.2 Å². The fourth-order valence-electron chi connectivity index (χ4n) is 4.58. The maximum Gasteiger partial charge on any atom is 0.322 e. The topological polar surface area (TPSA) is 101 Å². The molecule has 0 unspecified atom stereocenters. The van der Waals surface area contributed by atoms with Gasteiger partial charge in [0.2, 0.25) is 12.7 Å². The van der Waals surface area contributed by atoms with Crippen LogP contribution in [0, 0.1) is 0 Å². The number of fused-ring (bicyclic) bond motifs is 2. The summed E-state index contributed by atoms with van der Waals surface area (Å²) in [7, 11) is 0. The average molecular weight is 610 g/mol. The first-order valence-electron chi connectivity index (χ1n) is 13.5. The van der Waals surface area contributed by atoms with Crippen molar-refractivity contribution in [3.8, 4) is 11.5 Å². The molecule has 5 rings (SSSR count). The number of hydrogen-bond acceptors (Lipinski definition) is 6. The highest BCUT2D eigenvalue weighted by Crippen LogP contribution is 2.33. The van der Waals surface area contributed by atoms with Gasteiger partial charge in [0.15, 0.2) is 16.9 Å². The van der Waals surface area contributed by atoms with Gasteiger partial charge in [0.05, 0.1) is 23.8 Å².